The van der Waals surface area contributed by atoms with Crippen molar-refractivity contribution in [3.63, 3.8) is 0 Å². The van der Waals surface area contributed by atoms with Gasteiger partial charge in [0.05, 0.1) is 0 Å². The molecule has 9 nitrogen and oxygen atoms in total. The summed E-state index contributed by atoms with van der Waals surface area (Å²) in [5.41, 5.74) is 0. The van der Waals surface area contributed by atoms with Gasteiger partial charge in [0.15, 0.2) is 0 Å². The molecule has 0 atom stereocenters. The van der Waals surface area contributed by atoms with Crippen molar-refractivity contribution in [1.82, 2.24) is 0 Å². The van der Waals surface area contributed by atoms with Gasteiger partial charge in [-0.25, -0.2) is 0 Å². The van der Waals surface area contributed by atoms with E-state index in [1.807, 2.05) is 0 Å². The van der Waals surface area contributed by atoms with Crippen LogP contribution in [0.1, 0.15) is 0 Å². The van der Waals surface area contributed by atoms with Crippen LogP contribution in [0.5, 0.6) is 0 Å². The summed E-state index contributed by atoms with van der Waals surface area (Å²) in [6.45, 7) is 0. The van der Waals surface area contributed by atoms with Crippen molar-refractivity contribution in [2.24, 2.45) is 0 Å². The molecular weight excluding hydrogens is 347 g/mol. The molecule has 0 aliphatic heterocycles. The van der Waals surface area contributed by atoms with E-state index in [4.69, 9.17) is 0 Å². The molecule has 0 aromatic rings. The fourth-order valence-electron chi connectivity index (χ4n) is 0. The van der Waals surface area contributed by atoms with Gasteiger partial charge in [-0.3, -0.25) is 0 Å². The molecule has 0 aromatic heterocycles. The van der Waals surface area contributed by atoms with E-state index >= 15 is 0 Å². The molecule has 0 aliphatic rings. The molecule has 0 unspecified atom stereocenters. The zero-order valence-electron chi connectivity index (χ0n) is 5.57. The molecular formula is H9AlCoNi2O9. The van der Waals surface area contributed by atoms with Gasteiger partial charge in [-0.1, -0.05) is 0 Å². The average Bonchev–Trinajstić information content (AvgIpc) is 0. The molecule has 0 aromatic carbocycles. The van der Waals surface area contributed by atoms with Gasteiger partial charge in [0.1, 0.15) is 0 Å². The first-order chi connectivity index (χ1) is 0. The molecule has 0 bridgehead atoms. The SMILES string of the molecule is [Al+3].[Co+2].[Ni+2].[Ni+2].[OH-].[OH-].[OH-].[OH-].[OH-].[OH-].[OH-].[OH-].[OH-]. The van der Waals surface area contributed by atoms with E-state index in [1.54, 1.807) is 0 Å². The van der Waals surface area contributed by atoms with E-state index in [0.29, 0.717) is 0 Å². The van der Waals surface area contributed by atoms with Crippen molar-refractivity contribution in [1.29, 1.82) is 0 Å². The number of rotatable bonds is 0. The predicted octanol–water partition coefficient (Wildman–Crippen LogP) is -1.98. The van der Waals surface area contributed by atoms with Crippen molar-refractivity contribution in [2.75, 3.05) is 0 Å². The van der Waals surface area contributed by atoms with Gasteiger partial charge in [0, 0.05) is 0 Å². The van der Waals surface area contributed by atoms with E-state index < -0.39 is 0 Å². The van der Waals surface area contributed by atoms with Crippen LogP contribution < -0.4 is 0 Å². The molecule has 0 amide bonds. The Morgan fingerprint density at radius 3 is 0.308 bits per heavy atom. The first kappa shape index (κ1) is 987. The minimum absolute atomic E-state index is 0. The topological polar surface area (TPSA) is 270 Å². The maximum absolute atomic E-state index is 0. The summed E-state index contributed by atoms with van der Waals surface area (Å²) >= 11 is 0. The minimum Gasteiger partial charge on any atom is -0.870 e. The fourth-order valence-corrected chi connectivity index (χ4v) is 0. The predicted molar refractivity (Wildman–Crippen MR) is 23.2 cm³/mol. The van der Waals surface area contributed by atoms with Crippen molar-refractivity contribution in [2.45, 2.75) is 0 Å². The van der Waals surface area contributed by atoms with Gasteiger partial charge in [-0.15, -0.1) is 0 Å². The third-order valence-corrected chi connectivity index (χ3v) is 0. The molecule has 13 heavy (non-hydrogen) atoms. The summed E-state index contributed by atoms with van der Waals surface area (Å²) in [6, 6.07) is 0. The molecule has 0 heterocycles. The van der Waals surface area contributed by atoms with Crippen LogP contribution in [0.25, 0.3) is 0 Å². The number of hydrogen-bond acceptors (Lipinski definition) is 9. The van der Waals surface area contributed by atoms with Gasteiger partial charge < -0.3 is 49.3 Å². The molecule has 0 saturated carbocycles. The van der Waals surface area contributed by atoms with Crippen molar-refractivity contribution < 1.29 is 99.0 Å². The maximum atomic E-state index is 0. The molecule has 0 saturated heterocycles. The smallest absolute Gasteiger partial charge is 0.870 e. The van der Waals surface area contributed by atoms with E-state index in [0.717, 1.165) is 0 Å². The first-order valence-electron chi connectivity index (χ1n) is 0. The summed E-state index contributed by atoms with van der Waals surface area (Å²) in [5, 5.41) is 0. The maximum Gasteiger partial charge on any atom is 3.00 e. The standard InChI is InChI=1S/Al.Co.2Ni.9H2O/h;;;;9*1H2/q+3;3*+2;;;;;;;;;/p-9. The largest absolute Gasteiger partial charge is 3.00 e. The Balaban J connectivity index is 0. The Kier molecular flexibility index (Phi) is 60000. The molecule has 1 radical (unpaired) electrons. The summed E-state index contributed by atoms with van der Waals surface area (Å²) in [5.74, 6) is 0. The molecule has 9 N–H and O–H groups in total. The first-order valence-corrected chi connectivity index (χ1v) is 0. The van der Waals surface area contributed by atoms with Crippen LogP contribution in [0, 0.1) is 0 Å². The third kappa shape index (κ3) is 670. The van der Waals surface area contributed by atoms with E-state index in [-0.39, 0.29) is 116 Å². The monoisotopic (exact) mass is 355 g/mol. The quantitative estimate of drug-likeness (QED) is 0.434. The van der Waals surface area contributed by atoms with Gasteiger partial charge in [-0.05, 0) is 0 Å². The van der Waals surface area contributed by atoms with Crippen LogP contribution in [-0.4, -0.2) is 66.6 Å². The molecule has 0 fully saturated rings. The second kappa shape index (κ2) is 790. The average molecular weight is 356 g/mol. The van der Waals surface area contributed by atoms with Crippen LogP contribution in [0.4, 0.5) is 0 Å². The third-order valence-electron chi connectivity index (χ3n) is 0. The van der Waals surface area contributed by atoms with E-state index in [9.17, 15) is 0 Å². The zero-order chi connectivity index (χ0) is 0. The summed E-state index contributed by atoms with van der Waals surface area (Å²) < 4.78 is 0. The van der Waals surface area contributed by atoms with Crippen LogP contribution in [0.15, 0.2) is 0 Å². The summed E-state index contributed by atoms with van der Waals surface area (Å²) in [4.78, 5) is 0. The van der Waals surface area contributed by atoms with Crippen LogP contribution in [0.3, 0.4) is 0 Å². The van der Waals surface area contributed by atoms with Crippen LogP contribution >= 0.6 is 0 Å². The molecule has 0 aliphatic carbocycles. The summed E-state index contributed by atoms with van der Waals surface area (Å²) in [7, 11) is 0. The summed E-state index contributed by atoms with van der Waals surface area (Å²) in [6.07, 6.45) is 0. The van der Waals surface area contributed by atoms with Gasteiger partial charge in [0.25, 0.3) is 0 Å². The van der Waals surface area contributed by atoms with Crippen LogP contribution in [0.2, 0.25) is 0 Å². The van der Waals surface area contributed by atoms with Crippen LogP contribution in [-0.2, 0) is 49.8 Å². The van der Waals surface area contributed by atoms with E-state index in [1.165, 1.54) is 0 Å². The molecule has 0 rings (SSSR count). The Morgan fingerprint density at radius 1 is 0.308 bits per heavy atom. The molecule has 0 spiro atoms. The van der Waals surface area contributed by atoms with E-state index in [2.05, 4.69) is 0 Å². The number of hydrogen-bond donors (Lipinski definition) is 0. The van der Waals surface area contributed by atoms with Crippen molar-refractivity contribution in [3.05, 3.63) is 0 Å². The zero-order valence-corrected chi connectivity index (χ0v) is 9.74. The molecule has 13 heteroatoms. The second-order valence-electron chi connectivity index (χ2n) is 0. The van der Waals surface area contributed by atoms with Gasteiger partial charge in [-0.2, -0.15) is 0 Å². The van der Waals surface area contributed by atoms with Crippen molar-refractivity contribution >= 4 is 17.4 Å². The molecule has 95 valence electrons. The second-order valence-corrected chi connectivity index (χ2v) is 0. The fraction of sp³-hybridized carbons (Fsp3) is 0. The van der Waals surface area contributed by atoms with Gasteiger partial charge >= 0.3 is 67.1 Å². The minimum atomic E-state index is 0. The Labute approximate surface area is 116 Å². The van der Waals surface area contributed by atoms with Crippen molar-refractivity contribution in [3.8, 4) is 0 Å². The van der Waals surface area contributed by atoms with Gasteiger partial charge in [0.2, 0.25) is 0 Å². The Morgan fingerprint density at radius 2 is 0.308 bits per heavy atom. The Hall–Kier alpha value is 1.67. The normalized spacial score (nSPS) is 0. The Bertz CT molecular complexity index is 17.6.